The van der Waals surface area contributed by atoms with Crippen LogP contribution >= 0.6 is 11.3 Å². The molecule has 1 saturated heterocycles. The zero-order valence-corrected chi connectivity index (χ0v) is 16.2. The Bertz CT molecular complexity index is 979. The van der Waals surface area contributed by atoms with Crippen LogP contribution in [0.2, 0.25) is 0 Å². The van der Waals surface area contributed by atoms with E-state index in [0.717, 1.165) is 54.0 Å². The molecular formula is C21H20FN5S. The van der Waals surface area contributed by atoms with Gasteiger partial charge in [0.25, 0.3) is 0 Å². The first kappa shape index (κ1) is 18.4. The molecule has 0 aliphatic carbocycles. The summed E-state index contributed by atoms with van der Waals surface area (Å²) < 4.78 is 13.1. The predicted octanol–water partition coefficient (Wildman–Crippen LogP) is 3.86. The minimum atomic E-state index is -0.228. The molecule has 2 aromatic carbocycles. The third-order valence-electron chi connectivity index (χ3n) is 4.86. The highest BCUT2D eigenvalue weighted by molar-refractivity contribution is 7.15. The lowest BCUT2D eigenvalue weighted by molar-refractivity contribution is 0.627. The smallest absolute Gasteiger partial charge is 0.208 e. The quantitative estimate of drug-likeness (QED) is 0.674. The Kier molecular flexibility index (Phi) is 5.49. The van der Waals surface area contributed by atoms with Gasteiger partial charge in [0.15, 0.2) is 0 Å². The van der Waals surface area contributed by atoms with Gasteiger partial charge in [-0.05, 0) is 36.2 Å². The van der Waals surface area contributed by atoms with Crippen LogP contribution in [0.4, 0.5) is 15.2 Å². The molecule has 1 fully saturated rings. The number of nitriles is 1. The number of halogens is 1. The molecule has 0 N–H and O–H groups in total. The maximum atomic E-state index is 13.1. The zero-order valence-electron chi connectivity index (χ0n) is 15.4. The number of para-hydroxylation sites is 1. The van der Waals surface area contributed by atoms with E-state index < -0.39 is 0 Å². The Morgan fingerprint density at radius 3 is 2.54 bits per heavy atom. The van der Waals surface area contributed by atoms with E-state index in [9.17, 15) is 9.65 Å². The molecule has 5 nitrogen and oxygen atoms in total. The minimum Gasteiger partial charge on any atom is -0.369 e. The van der Waals surface area contributed by atoms with Crippen molar-refractivity contribution < 1.29 is 4.39 Å². The van der Waals surface area contributed by atoms with Gasteiger partial charge in [0, 0.05) is 32.6 Å². The number of rotatable bonds is 4. The molecule has 7 heteroatoms. The highest BCUT2D eigenvalue weighted by Gasteiger charge is 2.20. The van der Waals surface area contributed by atoms with Crippen molar-refractivity contribution in [3.63, 3.8) is 0 Å². The summed E-state index contributed by atoms with van der Waals surface area (Å²) in [6.45, 7) is 3.50. The Hall–Kier alpha value is -2.98. The van der Waals surface area contributed by atoms with Gasteiger partial charge in [-0.2, -0.15) is 5.26 Å². The van der Waals surface area contributed by atoms with Crippen molar-refractivity contribution in [1.29, 1.82) is 5.26 Å². The number of anilines is 2. The van der Waals surface area contributed by atoms with Gasteiger partial charge < -0.3 is 9.80 Å². The van der Waals surface area contributed by atoms with Crippen LogP contribution in [-0.4, -0.2) is 36.4 Å². The van der Waals surface area contributed by atoms with E-state index in [1.807, 2.05) is 24.3 Å². The van der Waals surface area contributed by atoms with Crippen molar-refractivity contribution in [1.82, 2.24) is 10.2 Å². The lowest BCUT2D eigenvalue weighted by atomic mass is 10.1. The van der Waals surface area contributed by atoms with Crippen LogP contribution in [0.5, 0.6) is 0 Å². The molecule has 1 aliphatic heterocycles. The van der Waals surface area contributed by atoms with Crippen molar-refractivity contribution in [2.45, 2.75) is 12.8 Å². The fourth-order valence-electron chi connectivity index (χ4n) is 3.41. The van der Waals surface area contributed by atoms with E-state index >= 15 is 0 Å². The van der Waals surface area contributed by atoms with Gasteiger partial charge >= 0.3 is 0 Å². The van der Waals surface area contributed by atoms with Gasteiger partial charge in [-0.25, -0.2) is 4.39 Å². The first-order valence-corrected chi connectivity index (χ1v) is 10.1. The lowest BCUT2D eigenvalue weighted by Gasteiger charge is -2.24. The average molecular weight is 393 g/mol. The number of hydrogen-bond acceptors (Lipinski definition) is 6. The predicted molar refractivity (Wildman–Crippen MR) is 109 cm³/mol. The largest absolute Gasteiger partial charge is 0.369 e. The molecule has 1 aliphatic rings. The van der Waals surface area contributed by atoms with Crippen LogP contribution in [-0.2, 0) is 6.42 Å². The Morgan fingerprint density at radius 2 is 1.71 bits per heavy atom. The van der Waals surface area contributed by atoms with Crippen molar-refractivity contribution in [2.75, 3.05) is 36.0 Å². The summed E-state index contributed by atoms with van der Waals surface area (Å²) in [5, 5.41) is 19.9. The van der Waals surface area contributed by atoms with Gasteiger partial charge in [-0.3, -0.25) is 0 Å². The normalized spacial score (nSPS) is 14.6. The van der Waals surface area contributed by atoms with Crippen LogP contribution < -0.4 is 9.80 Å². The number of hydrogen-bond donors (Lipinski definition) is 0. The Morgan fingerprint density at radius 1 is 0.964 bits per heavy atom. The molecular weight excluding hydrogens is 373 g/mol. The summed E-state index contributed by atoms with van der Waals surface area (Å²) in [4.78, 5) is 4.54. The second-order valence-electron chi connectivity index (χ2n) is 6.74. The van der Waals surface area contributed by atoms with Crippen molar-refractivity contribution >= 4 is 22.2 Å². The average Bonchev–Trinajstić information content (AvgIpc) is 3.04. The molecule has 142 valence electrons. The molecule has 1 aromatic heterocycles. The van der Waals surface area contributed by atoms with E-state index in [4.69, 9.17) is 0 Å². The molecule has 3 aromatic rings. The molecule has 0 bridgehead atoms. The van der Waals surface area contributed by atoms with E-state index in [1.54, 1.807) is 23.5 Å². The molecule has 0 unspecified atom stereocenters. The Balaban J connectivity index is 1.43. The summed E-state index contributed by atoms with van der Waals surface area (Å²) in [7, 11) is 0. The maximum Gasteiger partial charge on any atom is 0.208 e. The third-order valence-corrected chi connectivity index (χ3v) is 5.84. The molecule has 0 atom stereocenters. The second-order valence-corrected chi connectivity index (χ2v) is 7.78. The molecule has 4 rings (SSSR count). The Labute approximate surface area is 167 Å². The zero-order chi connectivity index (χ0) is 19.3. The molecule has 0 radical (unpaired) electrons. The van der Waals surface area contributed by atoms with Crippen molar-refractivity contribution in [3.8, 4) is 6.07 Å². The molecule has 2 heterocycles. The lowest BCUT2D eigenvalue weighted by Crippen LogP contribution is -2.31. The van der Waals surface area contributed by atoms with Gasteiger partial charge in [0.05, 0.1) is 11.3 Å². The summed E-state index contributed by atoms with van der Waals surface area (Å²) in [5.41, 5.74) is 2.74. The standard InChI is InChI=1S/C21H20FN5S/c22-18-8-6-16(7-9-18)14-20-24-25-21(28-20)27-11-3-10-26(12-13-27)19-5-2-1-4-17(19)15-23/h1-2,4-9H,3,10-14H2. The summed E-state index contributed by atoms with van der Waals surface area (Å²) >= 11 is 1.59. The molecule has 28 heavy (non-hydrogen) atoms. The maximum absolute atomic E-state index is 13.1. The van der Waals surface area contributed by atoms with Crippen LogP contribution in [0.3, 0.4) is 0 Å². The van der Waals surface area contributed by atoms with E-state index in [2.05, 4.69) is 26.1 Å². The van der Waals surface area contributed by atoms with Crippen LogP contribution in [0.15, 0.2) is 48.5 Å². The highest BCUT2D eigenvalue weighted by atomic mass is 32.1. The number of aromatic nitrogens is 2. The summed E-state index contributed by atoms with van der Waals surface area (Å²) in [5.74, 6) is -0.228. The van der Waals surface area contributed by atoms with Crippen molar-refractivity contribution in [3.05, 3.63) is 70.5 Å². The monoisotopic (exact) mass is 393 g/mol. The van der Waals surface area contributed by atoms with Crippen molar-refractivity contribution in [2.24, 2.45) is 0 Å². The first-order valence-electron chi connectivity index (χ1n) is 9.29. The van der Waals surface area contributed by atoms with Crippen LogP contribution in [0.1, 0.15) is 22.6 Å². The van der Waals surface area contributed by atoms with E-state index in [0.29, 0.717) is 12.0 Å². The number of benzene rings is 2. The van der Waals surface area contributed by atoms with Gasteiger partial charge in [0.1, 0.15) is 16.9 Å². The van der Waals surface area contributed by atoms with Gasteiger partial charge in [-0.15, -0.1) is 10.2 Å². The van der Waals surface area contributed by atoms with E-state index in [1.165, 1.54) is 12.1 Å². The topological polar surface area (TPSA) is 56.1 Å². The fourth-order valence-corrected chi connectivity index (χ4v) is 4.34. The minimum absolute atomic E-state index is 0.228. The molecule has 0 amide bonds. The summed E-state index contributed by atoms with van der Waals surface area (Å²) in [6, 6.07) is 16.6. The fraction of sp³-hybridized carbons (Fsp3) is 0.286. The number of nitrogens with zero attached hydrogens (tertiary/aromatic N) is 5. The van der Waals surface area contributed by atoms with Crippen LogP contribution in [0, 0.1) is 17.1 Å². The second kappa shape index (κ2) is 8.36. The SMILES string of the molecule is N#Cc1ccccc1N1CCCN(c2nnc(Cc3ccc(F)cc3)s2)CC1. The first-order chi connectivity index (χ1) is 13.7. The molecule has 0 saturated carbocycles. The van der Waals surface area contributed by atoms with Crippen LogP contribution in [0.25, 0.3) is 0 Å². The van der Waals surface area contributed by atoms with E-state index in [-0.39, 0.29) is 5.82 Å². The highest BCUT2D eigenvalue weighted by Crippen LogP contribution is 2.26. The third kappa shape index (κ3) is 4.12. The van der Waals surface area contributed by atoms with Gasteiger partial charge in [-0.1, -0.05) is 35.6 Å². The molecule has 0 spiro atoms. The van der Waals surface area contributed by atoms with Gasteiger partial charge in [0.2, 0.25) is 5.13 Å². The summed E-state index contributed by atoms with van der Waals surface area (Å²) in [6.07, 6.45) is 1.65.